The van der Waals surface area contributed by atoms with Crippen LogP contribution in [-0.4, -0.2) is 16.6 Å². The van der Waals surface area contributed by atoms with E-state index in [1.807, 2.05) is 6.92 Å². The van der Waals surface area contributed by atoms with Crippen LogP contribution in [0.5, 0.6) is 5.75 Å². The second-order valence-corrected chi connectivity index (χ2v) is 6.01. The van der Waals surface area contributed by atoms with Gasteiger partial charge in [-0.1, -0.05) is 22.6 Å². The Morgan fingerprint density at radius 3 is 2.76 bits per heavy atom. The van der Waals surface area contributed by atoms with Gasteiger partial charge in [-0.05, 0) is 31.5 Å². The van der Waals surface area contributed by atoms with Gasteiger partial charge in [0.2, 0.25) is 5.56 Å². The van der Waals surface area contributed by atoms with Crippen LogP contribution >= 0.6 is 9.24 Å². The van der Waals surface area contributed by atoms with E-state index in [1.54, 1.807) is 18.2 Å². The van der Waals surface area contributed by atoms with Crippen LogP contribution in [0.15, 0.2) is 29.1 Å². The number of pyridine rings is 1. The number of aromatic amines is 1. The van der Waals surface area contributed by atoms with Gasteiger partial charge in [0.1, 0.15) is 11.6 Å². The lowest BCUT2D eigenvalue weighted by molar-refractivity contribution is 0.0981. The van der Waals surface area contributed by atoms with Crippen LogP contribution in [0, 0.1) is 0 Å². The van der Waals surface area contributed by atoms with Gasteiger partial charge in [-0.3, -0.25) is 9.59 Å². The van der Waals surface area contributed by atoms with Gasteiger partial charge in [-0.15, -0.1) is 0 Å². The third-order valence-electron chi connectivity index (χ3n) is 3.23. The molecule has 0 aliphatic rings. The molecule has 0 saturated heterocycles. The molecule has 0 fully saturated rings. The Morgan fingerprint density at radius 2 is 2.10 bits per heavy atom. The van der Waals surface area contributed by atoms with Crippen molar-refractivity contribution in [2.24, 2.45) is 0 Å². The number of carbonyl (C=O) groups excluding carboxylic acids is 1. The van der Waals surface area contributed by atoms with Crippen molar-refractivity contribution in [2.75, 3.05) is 0 Å². The highest BCUT2D eigenvalue weighted by Gasteiger charge is 2.14. The number of unbranched alkanes of at least 4 members (excludes halogenated alkanes) is 1. The summed E-state index contributed by atoms with van der Waals surface area (Å²) in [5.41, 5.74) is 1.01. The molecule has 2 unspecified atom stereocenters. The fourth-order valence-electron chi connectivity index (χ4n) is 2.24. The molecule has 112 valence electrons. The van der Waals surface area contributed by atoms with Gasteiger partial charge >= 0.3 is 0 Å². The third kappa shape index (κ3) is 3.70. The minimum absolute atomic E-state index is 0.0847. The summed E-state index contributed by atoms with van der Waals surface area (Å²) in [5.74, 6) is 0.593. The fourth-order valence-corrected chi connectivity index (χ4v) is 2.39. The molecule has 21 heavy (non-hydrogen) atoms. The van der Waals surface area contributed by atoms with E-state index in [0.29, 0.717) is 23.3 Å². The molecule has 0 bridgehead atoms. The maximum Gasteiger partial charge on any atom is 0.248 e. The highest BCUT2D eigenvalue weighted by molar-refractivity contribution is 7.17. The van der Waals surface area contributed by atoms with Crippen molar-refractivity contribution in [2.45, 2.75) is 39.0 Å². The smallest absolute Gasteiger partial charge is 0.248 e. The lowest BCUT2D eigenvalue weighted by Crippen LogP contribution is -2.09. The molecule has 2 rings (SSSR count). The normalized spacial score (nSPS) is 12.3. The van der Waals surface area contributed by atoms with E-state index in [-0.39, 0.29) is 17.2 Å². The Labute approximate surface area is 126 Å². The molecule has 5 heteroatoms. The number of H-pyrrole nitrogens is 1. The summed E-state index contributed by atoms with van der Waals surface area (Å²) < 4.78 is 5.68. The minimum atomic E-state index is -0.207. The number of hydrogen-bond donors (Lipinski definition) is 1. The molecule has 0 saturated carbocycles. The molecule has 1 N–H and O–H groups in total. The summed E-state index contributed by atoms with van der Waals surface area (Å²) in [6.07, 6.45) is 2.36. The van der Waals surface area contributed by atoms with E-state index in [2.05, 4.69) is 21.1 Å². The molecule has 0 aliphatic heterocycles. The van der Waals surface area contributed by atoms with Crippen LogP contribution in [0.1, 0.15) is 43.5 Å². The first-order chi connectivity index (χ1) is 10.0. The third-order valence-corrected chi connectivity index (χ3v) is 3.36. The van der Waals surface area contributed by atoms with Crippen LogP contribution in [0.25, 0.3) is 10.9 Å². The second-order valence-electron chi connectivity index (χ2n) is 5.07. The molecule has 0 amide bonds. The zero-order chi connectivity index (χ0) is 15.4. The number of rotatable bonds is 6. The molecule has 2 aromatic rings. The molecule has 1 heterocycles. The number of benzene rings is 1. The monoisotopic (exact) mass is 305 g/mol. The number of hydrogen-bond acceptors (Lipinski definition) is 3. The van der Waals surface area contributed by atoms with Gasteiger partial charge in [0, 0.05) is 23.4 Å². The summed E-state index contributed by atoms with van der Waals surface area (Å²) in [4.78, 5) is 26.6. The maximum atomic E-state index is 12.3. The van der Waals surface area contributed by atoms with Crippen LogP contribution in [0.4, 0.5) is 0 Å². The van der Waals surface area contributed by atoms with Crippen LogP contribution in [0.2, 0.25) is 0 Å². The lowest BCUT2D eigenvalue weighted by Gasteiger charge is -2.14. The molecule has 1 aromatic carbocycles. The van der Waals surface area contributed by atoms with E-state index in [9.17, 15) is 9.59 Å². The Morgan fingerprint density at radius 1 is 1.33 bits per heavy atom. The fraction of sp³-hybridized carbons (Fsp3) is 0.375. The van der Waals surface area contributed by atoms with Crippen LogP contribution in [-0.2, 0) is 0 Å². The number of ether oxygens (including phenoxy) is 1. The lowest BCUT2D eigenvalue weighted by atomic mass is 10.0. The number of nitrogens with one attached hydrogen (secondary N) is 1. The number of Topliss-reactive ketones (excluding diaryl/α,β-unsaturated/α-hetero) is 1. The van der Waals surface area contributed by atoms with Gasteiger partial charge in [-0.2, -0.15) is 0 Å². The van der Waals surface area contributed by atoms with Crippen molar-refractivity contribution in [3.05, 3.63) is 40.2 Å². The topological polar surface area (TPSA) is 59.2 Å². The largest absolute Gasteiger partial charge is 0.485 e. The summed E-state index contributed by atoms with van der Waals surface area (Å²) in [6.45, 7) is 3.94. The number of aromatic nitrogens is 1. The molecule has 0 spiro atoms. The van der Waals surface area contributed by atoms with Crippen molar-refractivity contribution < 1.29 is 9.53 Å². The first-order valence-electron chi connectivity index (χ1n) is 7.14. The average Bonchev–Trinajstić information content (AvgIpc) is 2.44. The molecular formula is C16H20NO3P. The van der Waals surface area contributed by atoms with Gasteiger partial charge in [0.15, 0.2) is 5.78 Å². The standard InChI is InChI=1S/C16H20NO3P/c1-3-4-5-13(18)11-6-8-14(20-10(2)21)16-12(11)7-9-15(19)17-16/h6-10H,3-5,21H2,1-2H3,(H,17,19). The molecule has 0 radical (unpaired) electrons. The summed E-state index contributed by atoms with van der Waals surface area (Å²) in [5, 5.41) is 0.735. The number of fused-ring (bicyclic) bond motifs is 1. The van der Waals surface area contributed by atoms with Crippen molar-refractivity contribution >= 4 is 25.9 Å². The van der Waals surface area contributed by atoms with E-state index in [0.717, 1.165) is 18.2 Å². The van der Waals surface area contributed by atoms with Crippen molar-refractivity contribution in [3.63, 3.8) is 0 Å². The predicted octanol–water partition coefficient (Wildman–Crippen LogP) is 3.50. The second kappa shape index (κ2) is 6.86. The molecule has 2 atom stereocenters. The van der Waals surface area contributed by atoms with E-state index in [4.69, 9.17) is 4.74 Å². The van der Waals surface area contributed by atoms with Crippen LogP contribution < -0.4 is 10.3 Å². The van der Waals surface area contributed by atoms with Gasteiger partial charge < -0.3 is 9.72 Å². The Hall–Kier alpha value is -1.67. The quantitative estimate of drug-likeness (QED) is 0.656. The molecular weight excluding hydrogens is 285 g/mol. The highest BCUT2D eigenvalue weighted by atomic mass is 31.0. The van der Waals surface area contributed by atoms with Gasteiger partial charge in [0.05, 0.1) is 5.52 Å². The first-order valence-corrected chi connectivity index (χ1v) is 7.81. The zero-order valence-corrected chi connectivity index (χ0v) is 13.5. The number of carbonyl (C=O) groups is 1. The maximum absolute atomic E-state index is 12.3. The highest BCUT2D eigenvalue weighted by Crippen LogP contribution is 2.28. The Balaban J connectivity index is 2.54. The molecule has 4 nitrogen and oxygen atoms in total. The molecule has 0 aliphatic carbocycles. The SMILES string of the molecule is CCCCC(=O)c1ccc(OC(C)P)c2[nH]c(=O)ccc12. The molecule has 1 aromatic heterocycles. The Kier molecular flexibility index (Phi) is 5.13. The van der Waals surface area contributed by atoms with Gasteiger partial charge in [-0.25, -0.2) is 0 Å². The average molecular weight is 305 g/mol. The summed E-state index contributed by atoms with van der Waals surface area (Å²) in [7, 11) is 2.54. The van der Waals surface area contributed by atoms with E-state index >= 15 is 0 Å². The van der Waals surface area contributed by atoms with Crippen molar-refractivity contribution in [1.29, 1.82) is 0 Å². The van der Waals surface area contributed by atoms with Crippen LogP contribution in [0.3, 0.4) is 0 Å². The van der Waals surface area contributed by atoms with E-state index in [1.165, 1.54) is 6.07 Å². The summed E-state index contributed by atoms with van der Waals surface area (Å²) in [6, 6.07) is 6.65. The summed E-state index contributed by atoms with van der Waals surface area (Å²) >= 11 is 0. The van der Waals surface area contributed by atoms with Crippen molar-refractivity contribution in [1.82, 2.24) is 4.98 Å². The van der Waals surface area contributed by atoms with Crippen molar-refractivity contribution in [3.8, 4) is 5.75 Å². The Bertz CT molecular complexity index is 706. The van der Waals surface area contributed by atoms with E-state index < -0.39 is 0 Å². The first kappa shape index (κ1) is 15.7. The zero-order valence-electron chi connectivity index (χ0n) is 12.3. The van der Waals surface area contributed by atoms with Gasteiger partial charge in [0.25, 0.3) is 0 Å². The minimum Gasteiger partial charge on any atom is -0.485 e. The predicted molar refractivity (Wildman–Crippen MR) is 88.2 cm³/mol. The number of ketones is 1.